The molecule has 0 amide bonds. The molecule has 3 rings (SSSR count). The highest BCUT2D eigenvalue weighted by Gasteiger charge is 2.36. The van der Waals surface area contributed by atoms with Crippen molar-refractivity contribution in [3.8, 4) is 0 Å². The van der Waals surface area contributed by atoms with Gasteiger partial charge in [0.05, 0.1) is 5.56 Å². The lowest BCUT2D eigenvalue weighted by Crippen LogP contribution is -3.62. The van der Waals surface area contributed by atoms with E-state index in [9.17, 15) is 18.0 Å². The number of halogens is 4. The van der Waals surface area contributed by atoms with Crippen LogP contribution in [0.3, 0.4) is 0 Å². The second-order valence-electron chi connectivity index (χ2n) is 7.28. The van der Waals surface area contributed by atoms with Crippen LogP contribution in [0.25, 0.3) is 0 Å². The molecule has 0 unspecified atom stereocenters. The van der Waals surface area contributed by atoms with Crippen LogP contribution >= 0.6 is 0 Å². The fourth-order valence-electron chi connectivity index (χ4n) is 2.88. The Kier molecular flexibility index (Phi) is 9.65. The maximum atomic E-state index is 12.2. The number of hydrogen-bond donors (Lipinski definition) is 0. The Balaban J connectivity index is 0.000000440. The molecule has 182 valence electrons. The maximum absolute atomic E-state index is 12.2. The van der Waals surface area contributed by atoms with Gasteiger partial charge >= 0.3 is 32.7 Å². The van der Waals surface area contributed by atoms with Crippen molar-refractivity contribution in [1.29, 1.82) is 0 Å². The summed E-state index contributed by atoms with van der Waals surface area (Å²) in [4.78, 5) is 12.2. The molecule has 3 aromatic rings. The molecule has 0 heterocycles. The van der Waals surface area contributed by atoms with Gasteiger partial charge in [-0.3, -0.25) is 0 Å². The van der Waals surface area contributed by atoms with Crippen LogP contribution in [-0.2, 0) is 21.5 Å². The van der Waals surface area contributed by atoms with Gasteiger partial charge in [-0.05, 0) is 50.6 Å². The first-order valence-corrected chi connectivity index (χ1v) is 13.4. The van der Waals surface area contributed by atoms with Crippen molar-refractivity contribution in [3.63, 3.8) is 0 Å². The van der Waals surface area contributed by atoms with Gasteiger partial charge in [0, 0.05) is 11.1 Å². The fraction of sp³-hybridized carbons (Fsp3) is 0.208. The summed E-state index contributed by atoms with van der Waals surface area (Å²) in [6.07, 6.45) is 0. The van der Waals surface area contributed by atoms with Crippen LogP contribution in [0.5, 0.6) is 0 Å². The molecule has 34 heavy (non-hydrogen) atoms. The van der Waals surface area contributed by atoms with E-state index in [1.165, 1.54) is 23.8 Å². The Labute approximate surface area is 207 Å². The smallest absolute Gasteiger partial charge is 0.485 e. The van der Waals surface area contributed by atoms with Crippen molar-refractivity contribution in [2.24, 2.45) is 0 Å². The third kappa shape index (κ3) is 8.41. The minimum Gasteiger partial charge on any atom is -0.741 e. The van der Waals surface area contributed by atoms with Crippen LogP contribution in [0, 0.1) is 27.9 Å². The van der Waals surface area contributed by atoms with Crippen LogP contribution < -0.4 is 21.2 Å². The first-order valence-electron chi connectivity index (χ1n) is 9.84. The summed E-state index contributed by atoms with van der Waals surface area (Å²) in [7, 11) is -6.09. The second-order valence-corrected chi connectivity index (χ2v) is 11.5. The van der Waals surface area contributed by atoms with E-state index in [-0.39, 0.29) is 27.2 Å². The van der Waals surface area contributed by atoms with E-state index < -0.39 is 15.6 Å². The van der Waals surface area contributed by atoms with Gasteiger partial charge in [0.1, 0.15) is 6.61 Å². The van der Waals surface area contributed by atoms with Crippen LogP contribution in [0.15, 0.2) is 66.7 Å². The van der Waals surface area contributed by atoms with Crippen molar-refractivity contribution < 1.29 is 56.9 Å². The lowest BCUT2D eigenvalue weighted by Gasteiger charge is -2.08. The standard InChI is InChI=1S/C23H22IO2.CHF3O3S/c1-16-13-17(2)22(18(3)14-16)24-21-11-9-20(10-12-21)23(25)26-15-19-7-5-4-6-8-19;2-1(3,4)8(5,6)7/h4-14H,15H2,1-3H3;(H,5,6,7)/q+1;/p-1. The second kappa shape index (κ2) is 11.8. The molecule has 0 aliphatic rings. The molecule has 0 saturated carbocycles. The van der Waals surface area contributed by atoms with Gasteiger partial charge in [-0.1, -0.05) is 48.0 Å². The monoisotopic (exact) mass is 606 g/mol. The lowest BCUT2D eigenvalue weighted by molar-refractivity contribution is -0.598. The molecule has 0 aliphatic carbocycles. The molecule has 0 fully saturated rings. The van der Waals surface area contributed by atoms with E-state index in [2.05, 4.69) is 45.0 Å². The predicted molar refractivity (Wildman–Crippen MR) is 116 cm³/mol. The molecule has 0 radical (unpaired) electrons. The first kappa shape index (κ1) is 27.8. The molecule has 0 N–H and O–H groups in total. The summed E-state index contributed by atoms with van der Waals surface area (Å²) >= 11 is -0.257. The van der Waals surface area contributed by atoms with E-state index in [0.717, 1.165) is 5.56 Å². The molecule has 0 spiro atoms. The van der Waals surface area contributed by atoms with E-state index in [1.54, 1.807) is 0 Å². The van der Waals surface area contributed by atoms with Gasteiger partial charge in [-0.25, -0.2) is 13.2 Å². The maximum Gasteiger partial charge on any atom is 0.485 e. The van der Waals surface area contributed by atoms with Crippen molar-refractivity contribution in [2.45, 2.75) is 32.9 Å². The average molecular weight is 606 g/mol. The van der Waals surface area contributed by atoms with E-state index in [4.69, 9.17) is 17.7 Å². The fourth-order valence-corrected chi connectivity index (χ4v) is 5.38. The minimum absolute atomic E-state index is 0.257. The molecular weight excluding hydrogens is 584 g/mol. The third-order valence-corrected chi connectivity index (χ3v) is 8.51. The Bertz CT molecular complexity index is 1200. The Morgan fingerprint density at radius 3 is 1.91 bits per heavy atom. The Hall–Kier alpha value is -2.44. The highest BCUT2D eigenvalue weighted by Crippen LogP contribution is 2.20. The number of ether oxygens (including phenoxy) is 1. The van der Waals surface area contributed by atoms with Gasteiger partial charge in [-0.2, -0.15) is 13.2 Å². The molecule has 0 aliphatic heterocycles. The van der Waals surface area contributed by atoms with E-state index >= 15 is 0 Å². The molecule has 0 aromatic heterocycles. The van der Waals surface area contributed by atoms with E-state index in [1.807, 2.05) is 42.5 Å². The third-order valence-electron chi connectivity index (χ3n) is 4.36. The van der Waals surface area contributed by atoms with Crippen LogP contribution in [-0.4, -0.2) is 24.4 Å². The number of benzene rings is 3. The van der Waals surface area contributed by atoms with Crippen molar-refractivity contribution in [1.82, 2.24) is 0 Å². The number of alkyl halides is 3. The molecule has 0 bridgehead atoms. The molecule has 0 atom stereocenters. The number of rotatable bonds is 5. The van der Waals surface area contributed by atoms with Crippen molar-refractivity contribution in [2.75, 3.05) is 0 Å². The van der Waals surface area contributed by atoms with Gasteiger partial charge in [0.2, 0.25) is 0 Å². The molecule has 0 saturated heterocycles. The Morgan fingerprint density at radius 2 is 1.44 bits per heavy atom. The molecule has 5 nitrogen and oxygen atoms in total. The molecular formula is C24H22F3IO5S. The number of esters is 1. The summed E-state index contributed by atoms with van der Waals surface area (Å²) < 4.78 is 67.1. The van der Waals surface area contributed by atoms with Gasteiger partial charge in [0.25, 0.3) is 0 Å². The predicted octanol–water partition coefficient (Wildman–Crippen LogP) is 2.15. The summed E-state index contributed by atoms with van der Waals surface area (Å²) in [5, 5.41) is 0. The highest BCUT2D eigenvalue weighted by molar-refractivity contribution is 7.86. The number of aryl methyl sites for hydroxylation is 3. The normalized spacial score (nSPS) is 11.4. The SMILES string of the molecule is Cc1cc(C)c([I+]c2ccc(C(=O)OCc3ccccc3)cc2)c(C)c1.O=S(=O)([O-])C(F)(F)F. The zero-order valence-corrected chi connectivity index (χ0v) is 21.5. The lowest BCUT2D eigenvalue weighted by atomic mass is 10.1. The van der Waals surface area contributed by atoms with Gasteiger partial charge in [-0.15, -0.1) is 0 Å². The van der Waals surface area contributed by atoms with Crippen molar-refractivity contribution in [3.05, 3.63) is 102 Å². The highest BCUT2D eigenvalue weighted by atomic mass is 127. The van der Waals surface area contributed by atoms with Crippen molar-refractivity contribution >= 4 is 16.1 Å². The van der Waals surface area contributed by atoms with Crippen LogP contribution in [0.1, 0.15) is 32.6 Å². The Morgan fingerprint density at radius 1 is 0.941 bits per heavy atom. The number of carbonyl (C=O) groups is 1. The quantitative estimate of drug-likeness (QED) is 0.193. The number of carbonyl (C=O) groups excluding carboxylic acids is 1. The summed E-state index contributed by atoms with van der Waals surface area (Å²) in [6.45, 7) is 6.81. The summed E-state index contributed by atoms with van der Waals surface area (Å²) in [6, 6.07) is 22.1. The zero-order chi connectivity index (χ0) is 25.5. The van der Waals surface area contributed by atoms with Crippen LogP contribution in [0.4, 0.5) is 13.2 Å². The summed E-state index contributed by atoms with van der Waals surface area (Å²) in [5.74, 6) is -0.277. The minimum atomic E-state index is -6.09. The first-order chi connectivity index (χ1) is 15.8. The van der Waals surface area contributed by atoms with Gasteiger partial charge in [0.15, 0.2) is 17.3 Å². The average Bonchev–Trinajstić information content (AvgIpc) is 2.75. The molecule has 3 aromatic carbocycles. The number of hydrogen-bond acceptors (Lipinski definition) is 5. The molecule has 10 heteroatoms. The van der Waals surface area contributed by atoms with E-state index in [0.29, 0.717) is 12.2 Å². The summed E-state index contributed by atoms with van der Waals surface area (Å²) in [5.41, 5.74) is -0.0141. The topological polar surface area (TPSA) is 83.5 Å². The largest absolute Gasteiger partial charge is 0.741 e. The van der Waals surface area contributed by atoms with Crippen LogP contribution in [0.2, 0.25) is 0 Å². The van der Waals surface area contributed by atoms with Gasteiger partial charge < -0.3 is 9.29 Å². The zero-order valence-electron chi connectivity index (χ0n) is 18.5.